The highest BCUT2D eigenvalue weighted by Gasteiger charge is 2.13. The lowest BCUT2D eigenvalue weighted by Crippen LogP contribution is -2.41. The van der Waals surface area contributed by atoms with E-state index in [1.54, 1.807) is 0 Å². The van der Waals surface area contributed by atoms with Crippen molar-refractivity contribution in [1.29, 1.82) is 0 Å². The minimum Gasteiger partial charge on any atom is -0.380 e. The van der Waals surface area contributed by atoms with E-state index in [9.17, 15) is 4.79 Å². The summed E-state index contributed by atoms with van der Waals surface area (Å²) in [7, 11) is 0. The summed E-state index contributed by atoms with van der Waals surface area (Å²) in [5.41, 5.74) is 7.48. The normalized spacial score (nSPS) is 12.8. The van der Waals surface area contributed by atoms with Crippen LogP contribution in [0.25, 0.3) is 0 Å². The minimum absolute atomic E-state index is 0.0361. The van der Waals surface area contributed by atoms with Gasteiger partial charge >= 0.3 is 0 Å². The molecule has 0 saturated heterocycles. The van der Waals surface area contributed by atoms with Crippen LogP contribution in [-0.2, 0) is 0 Å². The quantitative estimate of drug-likeness (QED) is 0.532. The van der Waals surface area contributed by atoms with Crippen LogP contribution in [0.15, 0.2) is 24.3 Å². The van der Waals surface area contributed by atoms with Crippen LogP contribution in [0.3, 0.4) is 0 Å². The maximum atomic E-state index is 12.2. The molecule has 0 heterocycles. The Morgan fingerprint density at radius 3 is 2.62 bits per heavy atom. The van der Waals surface area contributed by atoms with Gasteiger partial charge < -0.3 is 16.4 Å². The number of anilines is 1. The first-order valence-corrected chi connectivity index (χ1v) is 7.76. The number of hydrogen-bond acceptors (Lipinski definition) is 3. The van der Waals surface area contributed by atoms with Crippen LogP contribution < -0.4 is 16.4 Å². The van der Waals surface area contributed by atoms with Crippen LogP contribution in [0.4, 0.5) is 5.69 Å². The molecule has 4 nitrogen and oxygen atoms in total. The van der Waals surface area contributed by atoms with Crippen molar-refractivity contribution in [3.63, 3.8) is 0 Å². The zero-order valence-corrected chi connectivity index (χ0v) is 13.7. The van der Waals surface area contributed by atoms with Crippen molar-refractivity contribution >= 4 is 11.6 Å². The zero-order chi connectivity index (χ0) is 15.9. The Balaban J connectivity index is 2.59. The van der Waals surface area contributed by atoms with Gasteiger partial charge in [-0.3, -0.25) is 4.79 Å². The van der Waals surface area contributed by atoms with E-state index in [2.05, 4.69) is 38.3 Å². The summed E-state index contributed by atoms with van der Waals surface area (Å²) in [5, 5.41) is 6.22. The van der Waals surface area contributed by atoms with Crippen molar-refractivity contribution in [2.24, 2.45) is 5.73 Å². The van der Waals surface area contributed by atoms with E-state index in [1.807, 2.05) is 24.3 Å². The molecular formula is C17H29N3O. The number of carbonyl (C=O) groups is 1. The van der Waals surface area contributed by atoms with Gasteiger partial charge in [-0.15, -0.1) is 0 Å². The third-order valence-electron chi connectivity index (χ3n) is 3.08. The minimum atomic E-state index is -0.275. The van der Waals surface area contributed by atoms with Crippen LogP contribution in [0.5, 0.6) is 0 Å². The number of carbonyl (C=O) groups excluding carboxylic acids is 1. The molecule has 1 atom stereocenters. The molecule has 0 fully saturated rings. The standard InChI is InChI=1S/C17H29N3O/c1-5-6-7-11-15(18)19-16(21)13-9-8-10-14(12-13)20-17(2,3)4/h8-10,12,15,20H,5-7,11,18H2,1-4H3,(H,19,21). The molecule has 4 heteroatoms. The molecule has 1 amide bonds. The Morgan fingerprint density at radius 2 is 2.00 bits per heavy atom. The number of rotatable bonds is 7. The van der Waals surface area contributed by atoms with E-state index in [-0.39, 0.29) is 17.6 Å². The lowest BCUT2D eigenvalue weighted by atomic mass is 10.1. The van der Waals surface area contributed by atoms with Gasteiger partial charge in [0.05, 0.1) is 6.17 Å². The summed E-state index contributed by atoms with van der Waals surface area (Å²) in [6, 6.07) is 7.51. The van der Waals surface area contributed by atoms with Crippen molar-refractivity contribution in [2.45, 2.75) is 65.1 Å². The largest absolute Gasteiger partial charge is 0.380 e. The van der Waals surface area contributed by atoms with Crippen molar-refractivity contribution in [3.8, 4) is 0 Å². The van der Waals surface area contributed by atoms with Crippen LogP contribution >= 0.6 is 0 Å². The highest BCUT2D eigenvalue weighted by molar-refractivity contribution is 5.95. The first-order valence-electron chi connectivity index (χ1n) is 7.76. The van der Waals surface area contributed by atoms with E-state index in [0.717, 1.165) is 31.4 Å². The average molecular weight is 291 g/mol. The van der Waals surface area contributed by atoms with E-state index < -0.39 is 0 Å². The van der Waals surface area contributed by atoms with Gasteiger partial charge in [-0.25, -0.2) is 0 Å². The molecule has 0 bridgehead atoms. The van der Waals surface area contributed by atoms with Gasteiger partial charge in [0.1, 0.15) is 0 Å². The Morgan fingerprint density at radius 1 is 1.29 bits per heavy atom. The average Bonchev–Trinajstić information content (AvgIpc) is 2.37. The van der Waals surface area contributed by atoms with E-state index in [0.29, 0.717) is 5.56 Å². The van der Waals surface area contributed by atoms with Crippen LogP contribution in [0, 0.1) is 0 Å². The summed E-state index contributed by atoms with van der Waals surface area (Å²) in [5.74, 6) is -0.114. The van der Waals surface area contributed by atoms with Crippen LogP contribution in [0.2, 0.25) is 0 Å². The summed E-state index contributed by atoms with van der Waals surface area (Å²) >= 11 is 0. The van der Waals surface area contributed by atoms with E-state index in [1.165, 1.54) is 0 Å². The molecule has 0 spiro atoms. The smallest absolute Gasteiger partial charge is 0.252 e. The molecule has 4 N–H and O–H groups in total. The molecule has 0 aromatic heterocycles. The molecule has 1 rings (SSSR count). The summed E-state index contributed by atoms with van der Waals surface area (Å²) in [6.07, 6.45) is 3.89. The maximum Gasteiger partial charge on any atom is 0.252 e. The topological polar surface area (TPSA) is 67.1 Å². The molecule has 1 unspecified atom stereocenters. The predicted molar refractivity (Wildman–Crippen MR) is 89.4 cm³/mol. The van der Waals surface area contributed by atoms with Gasteiger partial charge in [-0.05, 0) is 45.4 Å². The Hall–Kier alpha value is -1.55. The Kier molecular flexibility index (Phi) is 6.69. The van der Waals surface area contributed by atoms with Crippen molar-refractivity contribution in [3.05, 3.63) is 29.8 Å². The lowest BCUT2D eigenvalue weighted by molar-refractivity contribution is 0.0935. The molecule has 118 valence electrons. The van der Waals surface area contributed by atoms with Gasteiger partial charge in [0.15, 0.2) is 0 Å². The monoisotopic (exact) mass is 291 g/mol. The third kappa shape index (κ3) is 7.14. The fourth-order valence-electron chi connectivity index (χ4n) is 2.11. The van der Waals surface area contributed by atoms with E-state index in [4.69, 9.17) is 5.73 Å². The summed E-state index contributed by atoms with van der Waals surface area (Å²) in [4.78, 5) is 12.2. The third-order valence-corrected chi connectivity index (χ3v) is 3.08. The molecule has 1 aromatic carbocycles. The first-order chi connectivity index (χ1) is 9.81. The second-order valence-corrected chi connectivity index (χ2v) is 6.53. The van der Waals surface area contributed by atoms with Crippen molar-refractivity contribution < 1.29 is 4.79 Å². The number of benzene rings is 1. The molecule has 0 aliphatic carbocycles. The van der Waals surface area contributed by atoms with Gasteiger partial charge in [0.25, 0.3) is 5.91 Å². The SMILES string of the molecule is CCCCCC(N)NC(=O)c1cccc(NC(C)(C)C)c1. The fraction of sp³-hybridized carbons (Fsp3) is 0.588. The molecule has 0 saturated carbocycles. The number of nitrogens with two attached hydrogens (primary N) is 1. The molecule has 1 aromatic rings. The Bertz CT molecular complexity index is 452. The molecular weight excluding hydrogens is 262 g/mol. The van der Waals surface area contributed by atoms with Crippen LogP contribution in [0.1, 0.15) is 63.7 Å². The van der Waals surface area contributed by atoms with Crippen LogP contribution in [-0.4, -0.2) is 17.6 Å². The van der Waals surface area contributed by atoms with Gasteiger partial charge in [-0.1, -0.05) is 32.3 Å². The molecule has 0 aliphatic heterocycles. The van der Waals surface area contributed by atoms with Gasteiger partial charge in [0, 0.05) is 16.8 Å². The highest BCUT2D eigenvalue weighted by atomic mass is 16.1. The summed E-state index contributed by atoms with van der Waals surface area (Å²) < 4.78 is 0. The molecule has 0 aliphatic rings. The molecule has 0 radical (unpaired) electrons. The maximum absolute atomic E-state index is 12.2. The zero-order valence-electron chi connectivity index (χ0n) is 13.7. The number of hydrogen-bond donors (Lipinski definition) is 3. The van der Waals surface area contributed by atoms with Gasteiger partial charge in [0.2, 0.25) is 0 Å². The van der Waals surface area contributed by atoms with E-state index >= 15 is 0 Å². The first kappa shape index (κ1) is 17.5. The fourth-order valence-corrected chi connectivity index (χ4v) is 2.11. The highest BCUT2D eigenvalue weighted by Crippen LogP contribution is 2.16. The van der Waals surface area contributed by atoms with Gasteiger partial charge in [-0.2, -0.15) is 0 Å². The Labute approximate surface area is 128 Å². The van der Waals surface area contributed by atoms with Crippen molar-refractivity contribution in [1.82, 2.24) is 5.32 Å². The second-order valence-electron chi connectivity index (χ2n) is 6.53. The number of amides is 1. The summed E-state index contributed by atoms with van der Waals surface area (Å²) in [6.45, 7) is 8.41. The predicted octanol–water partition coefficient (Wildman–Crippen LogP) is 3.49. The lowest BCUT2D eigenvalue weighted by Gasteiger charge is -2.22. The molecule has 21 heavy (non-hydrogen) atoms. The number of unbranched alkanes of at least 4 members (excludes halogenated alkanes) is 2. The number of nitrogens with one attached hydrogen (secondary N) is 2. The van der Waals surface area contributed by atoms with Crippen molar-refractivity contribution in [2.75, 3.05) is 5.32 Å². The second kappa shape index (κ2) is 8.03.